The van der Waals surface area contributed by atoms with Crippen molar-refractivity contribution in [1.82, 2.24) is 25.1 Å². The number of carboxylic acids is 1. The third kappa shape index (κ3) is 8.42. The molecule has 2 fully saturated rings. The molecule has 11 nitrogen and oxygen atoms in total. The molecule has 0 saturated carbocycles. The summed E-state index contributed by atoms with van der Waals surface area (Å²) in [5, 5.41) is 19.4. The van der Waals surface area contributed by atoms with E-state index in [1.54, 1.807) is 6.33 Å². The first-order valence-corrected chi connectivity index (χ1v) is 15.2. The van der Waals surface area contributed by atoms with Crippen LogP contribution in [0.3, 0.4) is 0 Å². The second-order valence-electron chi connectivity index (χ2n) is 11.5. The van der Waals surface area contributed by atoms with Gasteiger partial charge in [0.05, 0.1) is 17.7 Å². The molecule has 0 radical (unpaired) electrons. The molecule has 0 atom stereocenters. The molecule has 0 spiro atoms. The minimum Gasteiger partial charge on any atom is -0.493 e. The summed E-state index contributed by atoms with van der Waals surface area (Å²) in [5.41, 5.74) is 5.58. The number of fused-ring (bicyclic) bond motifs is 1. The van der Waals surface area contributed by atoms with Crippen LogP contribution in [0.15, 0.2) is 18.5 Å². The fraction of sp³-hybridized carbons (Fsp3) is 0.600. The van der Waals surface area contributed by atoms with Crippen molar-refractivity contribution in [3.8, 4) is 5.75 Å². The van der Waals surface area contributed by atoms with Crippen LogP contribution in [0, 0.1) is 12.8 Å². The molecule has 4 heterocycles. The lowest BCUT2D eigenvalue weighted by molar-refractivity contribution is -0.192. The van der Waals surface area contributed by atoms with Crippen LogP contribution in [0.5, 0.6) is 5.75 Å². The Hall–Kier alpha value is -3.81. The third-order valence-corrected chi connectivity index (χ3v) is 7.79. The number of nitrogens with zero attached hydrogens (tertiary/aromatic N) is 6. The van der Waals surface area contributed by atoms with E-state index in [0.717, 1.165) is 80.6 Å². The van der Waals surface area contributed by atoms with Crippen LogP contribution < -0.4 is 19.9 Å². The van der Waals surface area contributed by atoms with Gasteiger partial charge in [0.25, 0.3) is 0 Å². The number of carboxylic acid groups (broad SMARTS) is 1. The first kappa shape index (κ1) is 33.1. The summed E-state index contributed by atoms with van der Waals surface area (Å²) in [5.74, 6) is -0.331. The number of aliphatic carboxylic acids is 1. The number of halogens is 3. The van der Waals surface area contributed by atoms with Gasteiger partial charge in [-0.15, -0.1) is 0 Å². The zero-order valence-corrected chi connectivity index (χ0v) is 25.9. The van der Waals surface area contributed by atoms with E-state index in [1.165, 1.54) is 42.9 Å². The van der Waals surface area contributed by atoms with Gasteiger partial charge in [0, 0.05) is 62.8 Å². The van der Waals surface area contributed by atoms with Crippen LogP contribution in [-0.2, 0) is 11.2 Å². The number of aromatic amines is 1. The van der Waals surface area contributed by atoms with E-state index < -0.39 is 12.1 Å². The number of H-pyrrole nitrogens is 1. The Bertz CT molecular complexity index is 1380. The molecule has 14 heteroatoms. The summed E-state index contributed by atoms with van der Waals surface area (Å²) < 4.78 is 38.0. The summed E-state index contributed by atoms with van der Waals surface area (Å²) in [6, 6.07) is 4.41. The van der Waals surface area contributed by atoms with Gasteiger partial charge in [-0.1, -0.05) is 20.8 Å². The van der Waals surface area contributed by atoms with Crippen molar-refractivity contribution in [2.24, 2.45) is 5.92 Å². The lowest BCUT2D eigenvalue weighted by Gasteiger charge is -2.38. The molecule has 3 N–H and O–H groups in total. The molecular formula is C30H43F3N8O3. The van der Waals surface area contributed by atoms with Gasteiger partial charge in [0.1, 0.15) is 17.9 Å². The first-order valence-electron chi connectivity index (χ1n) is 15.2. The van der Waals surface area contributed by atoms with Gasteiger partial charge >= 0.3 is 12.1 Å². The van der Waals surface area contributed by atoms with Gasteiger partial charge in [0.15, 0.2) is 5.65 Å². The quantitative estimate of drug-likeness (QED) is 0.293. The van der Waals surface area contributed by atoms with Crippen molar-refractivity contribution in [2.45, 2.75) is 53.1 Å². The Morgan fingerprint density at radius 1 is 1.09 bits per heavy atom. The minimum atomic E-state index is -5.08. The van der Waals surface area contributed by atoms with E-state index in [-0.39, 0.29) is 0 Å². The van der Waals surface area contributed by atoms with Gasteiger partial charge in [-0.25, -0.2) is 14.8 Å². The Morgan fingerprint density at radius 2 is 1.75 bits per heavy atom. The summed E-state index contributed by atoms with van der Waals surface area (Å²) in [6.07, 6.45) is 0.0703. The molecule has 0 aliphatic carbocycles. The molecule has 0 unspecified atom stereocenters. The molecule has 1 aromatic carbocycles. The van der Waals surface area contributed by atoms with E-state index in [1.807, 2.05) is 0 Å². The molecule has 2 aliphatic rings. The SMILES string of the molecule is CCc1n[nH]c2ncnc(N3CCN(c4cc(OCC(C)C)cc(NCCN5CCCC5)c4C)CC3)c12.O=C(O)C(F)(F)F. The second kappa shape index (κ2) is 14.8. The minimum absolute atomic E-state index is 0.487. The topological polar surface area (TPSA) is 123 Å². The van der Waals surface area contributed by atoms with Crippen LogP contribution in [-0.4, -0.2) is 101 Å². The van der Waals surface area contributed by atoms with Crippen molar-refractivity contribution in [1.29, 1.82) is 0 Å². The lowest BCUT2D eigenvalue weighted by Crippen LogP contribution is -2.47. The molecule has 3 aromatic rings. The smallest absolute Gasteiger partial charge is 0.490 e. The van der Waals surface area contributed by atoms with Crippen LogP contribution in [0.1, 0.15) is 44.9 Å². The monoisotopic (exact) mass is 620 g/mol. The number of aromatic nitrogens is 4. The summed E-state index contributed by atoms with van der Waals surface area (Å²) in [7, 11) is 0. The highest BCUT2D eigenvalue weighted by molar-refractivity contribution is 5.89. The summed E-state index contributed by atoms with van der Waals surface area (Å²) in [4.78, 5) is 25.4. The Balaban J connectivity index is 0.000000566. The number of alkyl halides is 3. The van der Waals surface area contributed by atoms with Gasteiger partial charge in [-0.3, -0.25) is 5.10 Å². The molecule has 242 valence electrons. The number of anilines is 3. The Kier molecular flexibility index (Phi) is 11.1. The van der Waals surface area contributed by atoms with Crippen molar-refractivity contribution in [3.63, 3.8) is 0 Å². The summed E-state index contributed by atoms with van der Waals surface area (Å²) >= 11 is 0. The molecule has 2 aliphatic heterocycles. The molecule has 2 saturated heterocycles. The maximum atomic E-state index is 10.6. The predicted molar refractivity (Wildman–Crippen MR) is 165 cm³/mol. The highest BCUT2D eigenvalue weighted by Crippen LogP contribution is 2.34. The zero-order chi connectivity index (χ0) is 31.9. The number of hydrogen-bond acceptors (Lipinski definition) is 9. The van der Waals surface area contributed by atoms with Crippen LogP contribution >= 0.6 is 0 Å². The molecule has 0 amide bonds. The van der Waals surface area contributed by atoms with Gasteiger partial charge in [-0.2, -0.15) is 18.3 Å². The number of carbonyl (C=O) groups is 1. The van der Waals surface area contributed by atoms with Crippen molar-refractivity contribution < 1.29 is 27.8 Å². The fourth-order valence-corrected chi connectivity index (χ4v) is 5.44. The van der Waals surface area contributed by atoms with Crippen LogP contribution in [0.2, 0.25) is 0 Å². The number of piperazine rings is 1. The summed E-state index contributed by atoms with van der Waals surface area (Å²) in [6.45, 7) is 17.6. The molecule has 0 bridgehead atoms. The molecular weight excluding hydrogens is 577 g/mol. The predicted octanol–water partition coefficient (Wildman–Crippen LogP) is 4.73. The largest absolute Gasteiger partial charge is 0.493 e. The number of likely N-dealkylation sites (tertiary alicyclic amines) is 1. The van der Waals surface area contributed by atoms with Gasteiger partial charge in [0.2, 0.25) is 0 Å². The molecule has 44 heavy (non-hydrogen) atoms. The van der Waals surface area contributed by atoms with Crippen LogP contribution in [0.4, 0.5) is 30.4 Å². The Morgan fingerprint density at radius 3 is 2.36 bits per heavy atom. The number of benzene rings is 1. The number of nitrogens with one attached hydrogen (secondary N) is 2. The van der Waals surface area contributed by atoms with Gasteiger partial charge < -0.3 is 29.9 Å². The zero-order valence-electron chi connectivity index (χ0n) is 25.9. The van der Waals surface area contributed by atoms with E-state index in [0.29, 0.717) is 5.92 Å². The number of rotatable bonds is 10. The van der Waals surface area contributed by atoms with Gasteiger partial charge in [-0.05, 0) is 50.8 Å². The average molecular weight is 621 g/mol. The highest BCUT2D eigenvalue weighted by atomic mass is 19.4. The maximum Gasteiger partial charge on any atom is 0.490 e. The van der Waals surface area contributed by atoms with Crippen LogP contribution in [0.25, 0.3) is 11.0 Å². The first-order chi connectivity index (χ1) is 21.0. The third-order valence-electron chi connectivity index (χ3n) is 7.79. The van der Waals surface area contributed by atoms with Crippen molar-refractivity contribution >= 4 is 34.2 Å². The standard InChI is InChI=1S/C28H42N8O.C2HF3O2/c1-5-23-26-27(33-32-23)30-19-31-28(26)36-14-12-35(13-15-36)25-17-22(37-18-20(2)3)16-24(21(25)4)29-8-11-34-9-6-7-10-34;3-2(4,5)1(6)7/h16-17,19-20,29H,5-15,18H2,1-4H3,(H,30,31,32,33);(H,6,7). The highest BCUT2D eigenvalue weighted by Gasteiger charge is 2.38. The maximum absolute atomic E-state index is 10.6. The van der Waals surface area contributed by atoms with E-state index in [4.69, 9.17) is 14.6 Å². The van der Waals surface area contributed by atoms with E-state index >= 15 is 0 Å². The fourth-order valence-electron chi connectivity index (χ4n) is 5.44. The average Bonchev–Trinajstić information content (AvgIpc) is 3.67. The molecule has 5 rings (SSSR count). The Labute approximate surface area is 255 Å². The second-order valence-corrected chi connectivity index (χ2v) is 11.5. The number of hydrogen-bond donors (Lipinski definition) is 3. The van der Waals surface area contributed by atoms with E-state index in [9.17, 15) is 13.2 Å². The van der Waals surface area contributed by atoms with Crippen molar-refractivity contribution in [3.05, 3.63) is 29.7 Å². The number of aryl methyl sites for hydroxylation is 1. The normalized spacial score (nSPS) is 15.9. The lowest BCUT2D eigenvalue weighted by atomic mass is 10.1. The van der Waals surface area contributed by atoms with Crippen molar-refractivity contribution in [2.75, 3.05) is 74.1 Å². The number of ether oxygens (including phenoxy) is 1. The molecule has 2 aromatic heterocycles. The van der Waals surface area contributed by atoms with E-state index in [2.05, 4.69) is 80.0 Å².